The minimum absolute atomic E-state index is 0.00841. The van der Waals surface area contributed by atoms with E-state index < -0.39 is 0 Å². The molecule has 1 aromatic heterocycles. The van der Waals surface area contributed by atoms with E-state index in [4.69, 9.17) is 0 Å². The van der Waals surface area contributed by atoms with Gasteiger partial charge in [0.15, 0.2) is 8.68 Å². The second kappa shape index (κ2) is 12.6. The van der Waals surface area contributed by atoms with E-state index >= 15 is 0 Å². The molecule has 6 nitrogen and oxygen atoms in total. The molecular weight excluding hydrogens is 460 g/mol. The zero-order valence-electron chi connectivity index (χ0n) is 18.1. The van der Waals surface area contributed by atoms with Gasteiger partial charge in [-0.05, 0) is 17.5 Å². The lowest BCUT2D eigenvalue weighted by Crippen LogP contribution is -2.33. The summed E-state index contributed by atoms with van der Waals surface area (Å²) in [6.07, 6.45) is 0.911. The van der Waals surface area contributed by atoms with E-state index in [1.807, 2.05) is 74.6 Å². The Kier molecular flexibility index (Phi) is 9.58. The third-order valence-corrected chi connectivity index (χ3v) is 7.79. The Hall–Kier alpha value is -2.36. The van der Waals surface area contributed by atoms with Gasteiger partial charge in [-0.1, -0.05) is 102 Å². The fourth-order valence-corrected chi connectivity index (χ4v) is 5.81. The van der Waals surface area contributed by atoms with Crippen LogP contribution in [0.2, 0.25) is 0 Å². The van der Waals surface area contributed by atoms with Gasteiger partial charge in [0, 0.05) is 13.6 Å². The van der Waals surface area contributed by atoms with Gasteiger partial charge in [-0.25, -0.2) is 0 Å². The minimum atomic E-state index is -0.160. The summed E-state index contributed by atoms with van der Waals surface area (Å²) in [4.78, 5) is 26.6. The van der Waals surface area contributed by atoms with E-state index in [-0.39, 0.29) is 23.6 Å². The molecule has 0 spiro atoms. The smallest absolute Gasteiger partial charge is 0.233 e. The number of hydrogen-bond donors (Lipinski definition) is 1. The van der Waals surface area contributed by atoms with Crippen molar-refractivity contribution in [1.82, 2.24) is 20.4 Å². The molecule has 0 unspecified atom stereocenters. The topological polar surface area (TPSA) is 75.2 Å². The van der Waals surface area contributed by atoms with Crippen molar-refractivity contribution in [3.63, 3.8) is 0 Å². The molecule has 0 bridgehead atoms. The summed E-state index contributed by atoms with van der Waals surface area (Å²) in [6.45, 7) is 2.70. The van der Waals surface area contributed by atoms with Gasteiger partial charge in [0.25, 0.3) is 0 Å². The van der Waals surface area contributed by atoms with E-state index in [9.17, 15) is 9.59 Å². The molecule has 0 aliphatic rings. The van der Waals surface area contributed by atoms with Gasteiger partial charge in [-0.3, -0.25) is 9.59 Å². The normalized spacial score (nSPS) is 10.8. The van der Waals surface area contributed by atoms with Crippen molar-refractivity contribution >= 4 is 46.7 Å². The standard InChI is InChI=1S/C23H26N4O2S3/c1-3-14-24-19(28)15-30-22-25-26-23(32-22)31-16-20(29)27(2)21(17-10-6-4-7-11-17)18-12-8-5-9-13-18/h4-13,21H,3,14-16H2,1-2H3,(H,24,28). The Morgan fingerprint density at radius 3 is 2.00 bits per heavy atom. The van der Waals surface area contributed by atoms with Crippen molar-refractivity contribution in [3.05, 3.63) is 71.8 Å². The van der Waals surface area contributed by atoms with E-state index in [1.165, 1.54) is 34.9 Å². The number of hydrogen-bond acceptors (Lipinski definition) is 7. The molecule has 1 heterocycles. The average molecular weight is 487 g/mol. The maximum Gasteiger partial charge on any atom is 0.233 e. The summed E-state index contributed by atoms with van der Waals surface area (Å²) in [5, 5.41) is 11.1. The molecule has 1 N–H and O–H groups in total. The summed E-state index contributed by atoms with van der Waals surface area (Å²) < 4.78 is 1.45. The number of nitrogens with zero attached hydrogens (tertiary/aromatic N) is 3. The summed E-state index contributed by atoms with van der Waals surface area (Å²) in [5.41, 5.74) is 2.13. The van der Waals surface area contributed by atoms with Gasteiger partial charge < -0.3 is 10.2 Å². The van der Waals surface area contributed by atoms with Crippen LogP contribution in [-0.4, -0.2) is 52.0 Å². The highest BCUT2D eigenvalue weighted by Crippen LogP contribution is 2.31. The van der Waals surface area contributed by atoms with Crippen LogP contribution in [-0.2, 0) is 9.59 Å². The fourth-order valence-electron chi connectivity index (χ4n) is 3.04. The predicted octanol–water partition coefficient (Wildman–Crippen LogP) is 4.50. The quantitative estimate of drug-likeness (QED) is 0.402. The molecule has 0 saturated heterocycles. The molecule has 0 aliphatic carbocycles. The van der Waals surface area contributed by atoms with Crippen LogP contribution in [0.4, 0.5) is 0 Å². The van der Waals surface area contributed by atoms with Crippen LogP contribution < -0.4 is 5.32 Å². The van der Waals surface area contributed by atoms with Gasteiger partial charge in [-0.2, -0.15) is 0 Å². The highest BCUT2D eigenvalue weighted by Gasteiger charge is 2.23. The third-order valence-electron chi connectivity index (χ3n) is 4.62. The van der Waals surface area contributed by atoms with Crippen LogP contribution in [0, 0.1) is 0 Å². The molecule has 32 heavy (non-hydrogen) atoms. The number of carbonyl (C=O) groups is 2. The maximum atomic E-state index is 13.0. The van der Waals surface area contributed by atoms with Crippen LogP contribution in [0.5, 0.6) is 0 Å². The summed E-state index contributed by atoms with van der Waals surface area (Å²) in [7, 11) is 1.84. The molecule has 168 valence electrons. The molecule has 9 heteroatoms. The predicted molar refractivity (Wildman–Crippen MR) is 132 cm³/mol. The minimum Gasteiger partial charge on any atom is -0.355 e. The zero-order chi connectivity index (χ0) is 22.8. The number of nitrogens with one attached hydrogen (secondary N) is 1. The first-order chi connectivity index (χ1) is 15.6. The van der Waals surface area contributed by atoms with Crippen molar-refractivity contribution in [2.24, 2.45) is 0 Å². The zero-order valence-corrected chi connectivity index (χ0v) is 20.5. The van der Waals surface area contributed by atoms with Crippen molar-refractivity contribution < 1.29 is 9.59 Å². The monoisotopic (exact) mass is 486 g/mol. The Morgan fingerprint density at radius 2 is 1.47 bits per heavy atom. The fraction of sp³-hybridized carbons (Fsp3) is 0.304. The number of carbonyl (C=O) groups excluding carboxylic acids is 2. The first-order valence-electron chi connectivity index (χ1n) is 10.3. The van der Waals surface area contributed by atoms with Crippen LogP contribution in [0.1, 0.15) is 30.5 Å². The molecule has 0 atom stereocenters. The van der Waals surface area contributed by atoms with E-state index in [0.29, 0.717) is 12.3 Å². The second-order valence-corrected chi connectivity index (χ2v) is 10.4. The van der Waals surface area contributed by atoms with Gasteiger partial charge >= 0.3 is 0 Å². The molecule has 2 amide bonds. The second-order valence-electron chi connectivity index (χ2n) is 6.99. The molecular formula is C23H26N4O2S3. The first-order valence-corrected chi connectivity index (χ1v) is 13.1. The Labute approximate surface area is 201 Å². The SMILES string of the molecule is CCCNC(=O)CSc1nnc(SCC(=O)N(C)C(c2ccccc2)c2ccccc2)s1. The Morgan fingerprint density at radius 1 is 0.938 bits per heavy atom. The molecule has 3 rings (SSSR count). The number of thioether (sulfide) groups is 2. The lowest BCUT2D eigenvalue weighted by atomic mass is 9.97. The van der Waals surface area contributed by atoms with Crippen molar-refractivity contribution in [3.8, 4) is 0 Å². The van der Waals surface area contributed by atoms with E-state index in [1.54, 1.807) is 4.90 Å². The summed E-state index contributed by atoms with van der Waals surface area (Å²) in [5.74, 6) is 0.585. The molecule has 0 saturated carbocycles. The van der Waals surface area contributed by atoms with Crippen molar-refractivity contribution in [2.45, 2.75) is 28.1 Å². The van der Waals surface area contributed by atoms with E-state index in [0.717, 1.165) is 26.2 Å². The van der Waals surface area contributed by atoms with Crippen LogP contribution >= 0.6 is 34.9 Å². The van der Waals surface area contributed by atoms with Gasteiger partial charge in [0.1, 0.15) is 0 Å². The molecule has 2 aromatic carbocycles. The Balaban J connectivity index is 1.59. The van der Waals surface area contributed by atoms with Crippen LogP contribution in [0.25, 0.3) is 0 Å². The first kappa shape index (κ1) is 24.3. The number of amides is 2. The highest BCUT2D eigenvalue weighted by molar-refractivity contribution is 8.03. The van der Waals surface area contributed by atoms with Gasteiger partial charge in [-0.15, -0.1) is 10.2 Å². The molecule has 0 fully saturated rings. The summed E-state index contributed by atoms with van der Waals surface area (Å²) >= 11 is 4.14. The lowest BCUT2D eigenvalue weighted by molar-refractivity contribution is -0.128. The molecule has 0 radical (unpaired) electrons. The largest absolute Gasteiger partial charge is 0.355 e. The maximum absolute atomic E-state index is 13.0. The highest BCUT2D eigenvalue weighted by atomic mass is 32.2. The van der Waals surface area contributed by atoms with Crippen LogP contribution in [0.3, 0.4) is 0 Å². The lowest BCUT2D eigenvalue weighted by Gasteiger charge is -2.29. The van der Waals surface area contributed by atoms with Crippen LogP contribution in [0.15, 0.2) is 69.3 Å². The van der Waals surface area contributed by atoms with Crippen molar-refractivity contribution in [2.75, 3.05) is 25.1 Å². The van der Waals surface area contributed by atoms with E-state index in [2.05, 4.69) is 15.5 Å². The molecule has 3 aromatic rings. The Bertz CT molecular complexity index is 959. The third kappa shape index (κ3) is 7.08. The average Bonchev–Trinajstić information content (AvgIpc) is 3.29. The van der Waals surface area contributed by atoms with Gasteiger partial charge in [0.05, 0.1) is 17.5 Å². The number of benzene rings is 2. The molecule has 0 aliphatic heterocycles. The van der Waals surface area contributed by atoms with Gasteiger partial charge in [0.2, 0.25) is 11.8 Å². The number of rotatable bonds is 11. The van der Waals surface area contributed by atoms with Crippen molar-refractivity contribution in [1.29, 1.82) is 0 Å². The summed E-state index contributed by atoms with van der Waals surface area (Å²) in [6, 6.07) is 19.9. The number of aromatic nitrogens is 2.